The molecule has 2 rings (SSSR count). The van der Waals surface area contributed by atoms with E-state index in [0.717, 1.165) is 49.4 Å². The van der Waals surface area contributed by atoms with Crippen molar-refractivity contribution in [3.05, 3.63) is 65.5 Å². The van der Waals surface area contributed by atoms with Crippen LogP contribution >= 0.6 is 0 Å². The van der Waals surface area contributed by atoms with Crippen LogP contribution in [0.5, 0.6) is 0 Å². The fourth-order valence-corrected chi connectivity index (χ4v) is 3.29. The van der Waals surface area contributed by atoms with Gasteiger partial charge in [-0.2, -0.15) is 0 Å². The largest absolute Gasteiger partial charge is 0.501 e. The predicted octanol–water partition coefficient (Wildman–Crippen LogP) is 4.92. The lowest BCUT2D eigenvalue weighted by Gasteiger charge is -2.20. The number of nitrogens with one attached hydrogen (secondary N) is 1. The Morgan fingerprint density at radius 3 is 2.86 bits per heavy atom. The highest BCUT2D eigenvalue weighted by Crippen LogP contribution is 2.22. The van der Waals surface area contributed by atoms with Gasteiger partial charge >= 0.3 is 0 Å². The molecule has 0 bridgehead atoms. The number of methoxy groups -OCH3 is 1. The molecule has 4 heteroatoms. The molecule has 0 amide bonds. The Bertz CT molecular complexity index is 734. The van der Waals surface area contributed by atoms with Crippen LogP contribution in [-0.2, 0) is 9.53 Å². The molecule has 1 atom stereocenters. The predicted molar refractivity (Wildman–Crippen MR) is 118 cm³/mol. The molecular weight excluding hydrogens is 348 g/mol. The average Bonchev–Trinajstić information content (AvgIpc) is 2.97. The van der Waals surface area contributed by atoms with Crippen molar-refractivity contribution in [2.24, 2.45) is 0 Å². The van der Waals surface area contributed by atoms with E-state index in [0.29, 0.717) is 12.3 Å². The van der Waals surface area contributed by atoms with Crippen molar-refractivity contribution in [2.45, 2.75) is 38.5 Å². The number of anilines is 1. The molecule has 0 aliphatic heterocycles. The molecule has 4 nitrogen and oxygen atoms in total. The molecule has 0 radical (unpaired) electrons. The highest BCUT2D eigenvalue weighted by Gasteiger charge is 2.11. The Morgan fingerprint density at radius 1 is 1.29 bits per heavy atom. The number of hydrogen-bond donors (Lipinski definition) is 1. The van der Waals surface area contributed by atoms with Crippen LogP contribution in [0.3, 0.4) is 0 Å². The third kappa shape index (κ3) is 7.01. The maximum Gasteiger partial charge on any atom is 0.162 e. The Hall–Kier alpha value is -2.33. The van der Waals surface area contributed by atoms with Crippen molar-refractivity contribution in [3.8, 4) is 0 Å². The van der Waals surface area contributed by atoms with Gasteiger partial charge in [0.2, 0.25) is 0 Å². The lowest BCUT2D eigenvalue weighted by molar-refractivity contribution is -0.115. The van der Waals surface area contributed by atoms with Gasteiger partial charge in [-0.3, -0.25) is 4.79 Å². The zero-order chi connectivity index (χ0) is 20.4. The normalized spacial score (nSPS) is 14.9. The summed E-state index contributed by atoms with van der Waals surface area (Å²) in [7, 11) is 5.75. The summed E-state index contributed by atoms with van der Waals surface area (Å²) in [5.74, 6) is 1.60. The molecule has 152 valence electrons. The summed E-state index contributed by atoms with van der Waals surface area (Å²) in [4.78, 5) is 14.8. The summed E-state index contributed by atoms with van der Waals surface area (Å²) in [6, 6.07) is 8.61. The van der Waals surface area contributed by atoms with Crippen LogP contribution in [0.2, 0.25) is 0 Å². The van der Waals surface area contributed by atoms with Crippen molar-refractivity contribution in [1.82, 2.24) is 4.90 Å². The molecule has 1 aromatic carbocycles. The molecule has 1 aliphatic carbocycles. The summed E-state index contributed by atoms with van der Waals surface area (Å²) < 4.78 is 5.25. The topological polar surface area (TPSA) is 41.6 Å². The number of carbonyl (C=O) groups excluding carboxylic acids is 1. The molecule has 1 N–H and O–H groups in total. The second kappa shape index (κ2) is 11.5. The first kappa shape index (κ1) is 22.0. The molecule has 0 saturated heterocycles. The van der Waals surface area contributed by atoms with Crippen molar-refractivity contribution in [3.63, 3.8) is 0 Å². The van der Waals surface area contributed by atoms with E-state index in [1.54, 1.807) is 7.11 Å². The van der Waals surface area contributed by atoms with Crippen LogP contribution in [-0.4, -0.2) is 45.0 Å². The molecule has 1 aromatic rings. The van der Waals surface area contributed by atoms with Gasteiger partial charge in [0.1, 0.15) is 0 Å². The highest BCUT2D eigenvalue weighted by atomic mass is 16.5. The Kier molecular flexibility index (Phi) is 9.02. The Morgan fingerprint density at radius 2 is 2.11 bits per heavy atom. The van der Waals surface area contributed by atoms with E-state index < -0.39 is 0 Å². The first-order valence-corrected chi connectivity index (χ1v) is 10.1. The van der Waals surface area contributed by atoms with Gasteiger partial charge < -0.3 is 15.0 Å². The number of ketones is 1. The maximum absolute atomic E-state index is 12.4. The molecule has 0 spiro atoms. The maximum atomic E-state index is 12.4. The second-order valence-electron chi connectivity index (χ2n) is 7.46. The Balaban J connectivity index is 1.72. The van der Waals surface area contributed by atoms with Gasteiger partial charge in [-0.05, 0) is 68.7 Å². The number of Topliss-reactive ketones (excluding diaryl/α,β-unsaturated/α-hetero) is 1. The van der Waals surface area contributed by atoms with E-state index in [1.807, 2.05) is 31.4 Å². The zero-order valence-electron chi connectivity index (χ0n) is 17.7. The summed E-state index contributed by atoms with van der Waals surface area (Å²) in [5.41, 5.74) is 3.30. The van der Waals surface area contributed by atoms with Crippen LogP contribution in [0.1, 0.15) is 44.1 Å². The van der Waals surface area contributed by atoms with Crippen molar-refractivity contribution >= 4 is 11.5 Å². The van der Waals surface area contributed by atoms with Crippen molar-refractivity contribution in [2.75, 3.05) is 39.6 Å². The summed E-state index contributed by atoms with van der Waals surface area (Å²) in [6.45, 7) is 4.24. The number of ether oxygens (including phenoxy) is 1. The lowest BCUT2D eigenvalue weighted by Crippen LogP contribution is -2.22. The van der Waals surface area contributed by atoms with Gasteiger partial charge in [0, 0.05) is 31.1 Å². The van der Waals surface area contributed by atoms with E-state index in [9.17, 15) is 4.79 Å². The average molecular weight is 383 g/mol. The first-order chi connectivity index (χ1) is 13.5. The fourth-order valence-electron chi connectivity index (χ4n) is 3.29. The van der Waals surface area contributed by atoms with E-state index in [2.05, 4.69) is 48.5 Å². The van der Waals surface area contributed by atoms with Gasteiger partial charge in [-0.1, -0.05) is 31.2 Å². The third-order valence-electron chi connectivity index (χ3n) is 5.28. The van der Waals surface area contributed by atoms with Crippen LogP contribution in [0.25, 0.3) is 0 Å². The SMILES string of the molecule is CNc1cccc(C(C)CCN(C)CCCC(=O)C2=CC=C(OC)CC=C2)c1. The number of hydrogen-bond acceptors (Lipinski definition) is 4. The minimum absolute atomic E-state index is 0.204. The highest BCUT2D eigenvalue weighted by molar-refractivity contribution is 5.98. The number of nitrogens with zero attached hydrogens (tertiary/aromatic N) is 1. The summed E-state index contributed by atoms with van der Waals surface area (Å²) in [5, 5.41) is 3.20. The zero-order valence-corrected chi connectivity index (χ0v) is 17.7. The monoisotopic (exact) mass is 382 g/mol. The van der Waals surface area contributed by atoms with Crippen LogP contribution in [0, 0.1) is 0 Å². The molecule has 0 saturated carbocycles. The molecular formula is C24H34N2O2. The minimum Gasteiger partial charge on any atom is -0.501 e. The lowest BCUT2D eigenvalue weighted by atomic mass is 9.97. The molecule has 1 aliphatic rings. The molecule has 0 heterocycles. The molecule has 1 unspecified atom stereocenters. The number of benzene rings is 1. The van der Waals surface area contributed by atoms with E-state index in [-0.39, 0.29) is 5.78 Å². The first-order valence-electron chi connectivity index (χ1n) is 10.1. The van der Waals surface area contributed by atoms with Crippen molar-refractivity contribution in [1.29, 1.82) is 0 Å². The fraction of sp³-hybridized carbons (Fsp3) is 0.458. The Labute approximate surface area is 170 Å². The standard InChI is InChI=1S/C24H34N2O2/c1-19(21-9-5-10-22(18-21)25-2)15-17-26(3)16-7-12-24(27)20-8-6-11-23(28-4)14-13-20/h5-6,8-10,13-14,18-19,25H,7,11-12,15-17H2,1-4H3. The van der Waals surface area contributed by atoms with Crippen LogP contribution < -0.4 is 5.32 Å². The molecule has 0 aromatic heterocycles. The quantitative estimate of drug-likeness (QED) is 0.590. The van der Waals surface area contributed by atoms with Crippen LogP contribution in [0.15, 0.2) is 59.9 Å². The van der Waals surface area contributed by atoms with Gasteiger partial charge in [-0.25, -0.2) is 0 Å². The van der Waals surface area contributed by atoms with Crippen LogP contribution in [0.4, 0.5) is 5.69 Å². The van der Waals surface area contributed by atoms with Gasteiger partial charge in [0.25, 0.3) is 0 Å². The minimum atomic E-state index is 0.204. The van der Waals surface area contributed by atoms with Crippen molar-refractivity contribution < 1.29 is 9.53 Å². The molecule has 28 heavy (non-hydrogen) atoms. The molecule has 0 fully saturated rings. The van der Waals surface area contributed by atoms with E-state index in [1.165, 1.54) is 5.56 Å². The van der Waals surface area contributed by atoms with Gasteiger partial charge in [0.15, 0.2) is 5.78 Å². The third-order valence-corrected chi connectivity index (χ3v) is 5.28. The van der Waals surface area contributed by atoms with Gasteiger partial charge in [0.05, 0.1) is 12.9 Å². The number of allylic oxidation sites excluding steroid dienone is 5. The van der Waals surface area contributed by atoms with E-state index in [4.69, 9.17) is 4.74 Å². The second-order valence-corrected chi connectivity index (χ2v) is 7.46. The number of rotatable bonds is 11. The van der Waals surface area contributed by atoms with E-state index >= 15 is 0 Å². The van der Waals surface area contributed by atoms with Gasteiger partial charge in [-0.15, -0.1) is 0 Å². The smallest absolute Gasteiger partial charge is 0.162 e. The summed E-state index contributed by atoms with van der Waals surface area (Å²) in [6.07, 6.45) is 11.0. The summed E-state index contributed by atoms with van der Waals surface area (Å²) >= 11 is 0. The number of carbonyl (C=O) groups is 1.